The van der Waals surface area contributed by atoms with E-state index in [2.05, 4.69) is 23.8 Å². The molecule has 1 fully saturated rings. The van der Waals surface area contributed by atoms with Crippen LogP contribution in [0, 0.1) is 13.8 Å². The molecule has 3 atom stereocenters. The van der Waals surface area contributed by atoms with Crippen molar-refractivity contribution in [1.82, 2.24) is 9.97 Å². The maximum atomic E-state index is 7.46. The zero-order valence-electron chi connectivity index (χ0n) is 15.2. The van der Waals surface area contributed by atoms with Gasteiger partial charge in [0.15, 0.2) is 5.79 Å². The van der Waals surface area contributed by atoms with E-state index in [0.717, 1.165) is 29.7 Å². The van der Waals surface area contributed by atoms with Crippen molar-refractivity contribution < 1.29 is 24.6 Å². The van der Waals surface area contributed by atoms with Gasteiger partial charge in [0.05, 0.1) is 29.1 Å². The van der Waals surface area contributed by atoms with Gasteiger partial charge in [-0.3, -0.25) is 0 Å². The van der Waals surface area contributed by atoms with Crippen molar-refractivity contribution in [3.8, 4) is 0 Å². The summed E-state index contributed by atoms with van der Waals surface area (Å²) >= 11 is -0.346. The van der Waals surface area contributed by atoms with Gasteiger partial charge in [0.25, 0.3) is 0 Å². The van der Waals surface area contributed by atoms with Gasteiger partial charge in [-0.1, -0.05) is 25.1 Å². The molecule has 0 spiro atoms. The average Bonchev–Trinajstić information content (AvgIpc) is 3.16. The van der Waals surface area contributed by atoms with Crippen molar-refractivity contribution in [1.29, 1.82) is 0 Å². The fraction of sp³-hybridized carbons (Fsp3) is 0.500. The molecule has 2 heterocycles. The van der Waals surface area contributed by atoms with Crippen LogP contribution in [0.1, 0.15) is 45.5 Å². The molecular formula is C18H26Cl2N3O2Ru-3. The molecule has 0 amide bonds. The molecule has 1 aromatic carbocycles. The van der Waals surface area contributed by atoms with Gasteiger partial charge < -0.3 is 34.0 Å². The van der Waals surface area contributed by atoms with E-state index in [1.165, 1.54) is 0 Å². The van der Waals surface area contributed by atoms with E-state index >= 15 is 0 Å². The Balaban J connectivity index is 0.000000227. The Bertz CT molecular complexity index is 605. The van der Waals surface area contributed by atoms with Crippen LogP contribution in [0.4, 0.5) is 0 Å². The summed E-state index contributed by atoms with van der Waals surface area (Å²) in [6.45, 7) is 13.2. The number of hydrogen-bond acceptors (Lipinski definition) is 3. The van der Waals surface area contributed by atoms with Crippen LogP contribution in [0.25, 0.3) is 16.8 Å². The molecule has 2 N–H and O–H groups in total. The normalized spacial score (nSPS) is 22.3. The first kappa shape index (κ1) is 23.8. The standard InChI is InChI=1S/C9H10N3.C9H16O2.2ClH.Ru/c1-6(10)9-11-7-4-2-3-5-8(7)12-9;1-5-7-8(6-2)11-9(3,4)10-7;;;/h2-6,10H,1H3,(H,11,12);7-8H,1-2,5-6H2,3-4H3;2*1H;/q-1;-2;;;+2/p-2/t6-;;;;/m0..../s1. The summed E-state index contributed by atoms with van der Waals surface area (Å²) in [7, 11) is 9.71. The predicted molar refractivity (Wildman–Crippen MR) is 104 cm³/mol. The molecule has 150 valence electrons. The molecule has 1 aliphatic rings. The number of hydrogen-bond donors (Lipinski definition) is 1. The van der Waals surface area contributed by atoms with Gasteiger partial charge in [0, 0.05) is 0 Å². The number of rotatable bonds is 3. The van der Waals surface area contributed by atoms with E-state index < -0.39 is 5.79 Å². The second-order valence-electron chi connectivity index (χ2n) is 6.20. The number of nitrogens with one attached hydrogen (secondary N) is 2. The molecule has 1 aliphatic heterocycles. The van der Waals surface area contributed by atoms with Crippen molar-refractivity contribution in [2.24, 2.45) is 0 Å². The SMILES string of the molecule is C[C@H]([NH-])c1nc2ccccc2[nH]1.[CH2-]CC1OC(C)(C)OC1C[CH2-].[Cl][Ru][Cl]. The van der Waals surface area contributed by atoms with Crippen molar-refractivity contribution >= 4 is 30.4 Å². The van der Waals surface area contributed by atoms with Crippen LogP contribution in [0.3, 0.4) is 0 Å². The number of para-hydroxylation sites is 2. The molecule has 3 rings (SSSR count). The molecule has 1 aromatic heterocycles. The van der Waals surface area contributed by atoms with Gasteiger partial charge in [-0.05, 0) is 26.0 Å². The van der Waals surface area contributed by atoms with Crippen LogP contribution in [-0.4, -0.2) is 28.0 Å². The summed E-state index contributed by atoms with van der Waals surface area (Å²) in [4.78, 5) is 7.37. The Kier molecular flexibility index (Phi) is 10.6. The first-order valence-electron chi connectivity index (χ1n) is 8.23. The Morgan fingerprint density at radius 3 is 2.15 bits per heavy atom. The molecule has 2 aromatic rings. The third kappa shape index (κ3) is 7.42. The Labute approximate surface area is 172 Å². The van der Waals surface area contributed by atoms with Crippen LogP contribution in [-0.2, 0) is 24.6 Å². The summed E-state index contributed by atoms with van der Waals surface area (Å²) < 4.78 is 11.2. The number of H-pyrrole nitrogens is 1. The Morgan fingerprint density at radius 2 is 1.73 bits per heavy atom. The second kappa shape index (κ2) is 11.6. The van der Waals surface area contributed by atoms with Gasteiger partial charge in [-0.2, -0.15) is 12.8 Å². The Morgan fingerprint density at radius 1 is 1.23 bits per heavy atom. The number of halogens is 2. The fourth-order valence-corrected chi connectivity index (χ4v) is 2.58. The summed E-state index contributed by atoms with van der Waals surface area (Å²) in [5.74, 6) is 0.293. The van der Waals surface area contributed by atoms with Gasteiger partial charge in [0.2, 0.25) is 0 Å². The number of nitrogens with zero attached hydrogens (tertiary/aromatic N) is 1. The number of benzene rings is 1. The molecule has 0 saturated carbocycles. The fourth-order valence-electron chi connectivity index (χ4n) is 2.58. The summed E-state index contributed by atoms with van der Waals surface area (Å²) in [5, 5.41) is 0. The van der Waals surface area contributed by atoms with Gasteiger partial charge in [-0.25, -0.2) is 4.98 Å². The van der Waals surface area contributed by atoms with E-state index in [9.17, 15) is 0 Å². The number of imidazole rings is 1. The van der Waals surface area contributed by atoms with Crippen LogP contribution in [0.5, 0.6) is 0 Å². The number of aromatic nitrogens is 2. The van der Waals surface area contributed by atoms with Gasteiger partial charge >= 0.3 is 34.5 Å². The number of fused-ring (bicyclic) bond motifs is 1. The van der Waals surface area contributed by atoms with Crippen molar-refractivity contribution in [2.45, 2.75) is 57.6 Å². The molecule has 5 nitrogen and oxygen atoms in total. The third-order valence-electron chi connectivity index (χ3n) is 3.67. The minimum absolute atomic E-state index is 0.127. The van der Waals surface area contributed by atoms with Crippen LogP contribution >= 0.6 is 19.4 Å². The third-order valence-corrected chi connectivity index (χ3v) is 3.67. The van der Waals surface area contributed by atoms with Crippen LogP contribution in [0.15, 0.2) is 24.3 Å². The van der Waals surface area contributed by atoms with Crippen molar-refractivity contribution in [3.63, 3.8) is 0 Å². The molecule has 0 radical (unpaired) electrons. The molecule has 26 heavy (non-hydrogen) atoms. The zero-order chi connectivity index (χ0) is 19.7. The molecule has 8 heteroatoms. The summed E-state index contributed by atoms with van der Waals surface area (Å²) in [6, 6.07) is 7.53. The van der Waals surface area contributed by atoms with Crippen LogP contribution < -0.4 is 0 Å². The summed E-state index contributed by atoms with van der Waals surface area (Å²) in [5.41, 5.74) is 9.40. The van der Waals surface area contributed by atoms with Crippen molar-refractivity contribution in [3.05, 3.63) is 49.7 Å². The zero-order valence-corrected chi connectivity index (χ0v) is 18.5. The van der Waals surface area contributed by atoms with Crippen molar-refractivity contribution in [2.75, 3.05) is 0 Å². The average molecular weight is 488 g/mol. The predicted octanol–water partition coefficient (Wildman–Crippen LogP) is 6.01. The van der Waals surface area contributed by atoms with E-state index in [-0.39, 0.29) is 33.4 Å². The quantitative estimate of drug-likeness (QED) is 0.425. The monoisotopic (exact) mass is 488 g/mol. The molecule has 0 bridgehead atoms. The van der Waals surface area contributed by atoms with E-state index in [1.807, 2.05) is 38.1 Å². The molecule has 0 aliphatic carbocycles. The molecule has 1 saturated heterocycles. The molecule has 2 unspecified atom stereocenters. The number of aromatic amines is 1. The first-order chi connectivity index (χ1) is 12.3. The first-order valence-corrected chi connectivity index (χ1v) is 12.7. The minimum atomic E-state index is -0.440. The van der Waals surface area contributed by atoms with E-state index in [0.29, 0.717) is 0 Å². The maximum absolute atomic E-state index is 7.46. The number of ether oxygens (including phenoxy) is 2. The summed E-state index contributed by atoms with van der Waals surface area (Å²) in [6.07, 6.45) is 1.76. The topological polar surface area (TPSA) is 70.9 Å². The van der Waals surface area contributed by atoms with Gasteiger partial charge in [0.1, 0.15) is 0 Å². The van der Waals surface area contributed by atoms with Crippen LogP contribution in [0.2, 0.25) is 0 Å². The molecular weight excluding hydrogens is 462 g/mol. The van der Waals surface area contributed by atoms with E-state index in [1.54, 1.807) is 6.92 Å². The van der Waals surface area contributed by atoms with Gasteiger partial charge in [-0.15, -0.1) is 0 Å². The van der Waals surface area contributed by atoms with E-state index in [4.69, 9.17) is 34.6 Å². The Hall–Kier alpha value is -0.227. The second-order valence-corrected chi connectivity index (χ2v) is 8.84.